The average Bonchev–Trinajstić information content (AvgIpc) is 2.75. The molecule has 2 rings (SSSR count). The van der Waals surface area contributed by atoms with Crippen LogP contribution in [0.15, 0.2) is 0 Å². The van der Waals surface area contributed by atoms with Crippen LogP contribution in [0.1, 0.15) is 39.2 Å². The van der Waals surface area contributed by atoms with E-state index in [9.17, 15) is 0 Å². The molecule has 0 saturated carbocycles. The first-order chi connectivity index (χ1) is 7.90. The minimum Gasteiger partial charge on any atom is -0.306 e. The molecule has 0 aromatic carbocycles. The van der Waals surface area contributed by atoms with Crippen LogP contribution in [0.25, 0.3) is 11.2 Å². The number of halogens is 1. The van der Waals surface area contributed by atoms with E-state index < -0.39 is 0 Å². The van der Waals surface area contributed by atoms with E-state index in [1.165, 1.54) is 0 Å². The van der Waals surface area contributed by atoms with Crippen LogP contribution < -0.4 is 0 Å². The molecule has 0 aliphatic heterocycles. The van der Waals surface area contributed by atoms with Crippen molar-refractivity contribution in [2.75, 3.05) is 0 Å². The second kappa shape index (κ2) is 4.02. The first kappa shape index (κ1) is 12.4. The highest BCUT2D eigenvalue weighted by atomic mass is 35.5. The standard InChI is InChI=1S/C12H19ClN4/c1-6-16-11-10(8(2)15-16)14-9(7-13)17(11)12(3,4)5/h6-7H2,1-5H3. The maximum atomic E-state index is 6.00. The summed E-state index contributed by atoms with van der Waals surface area (Å²) in [5.74, 6) is 1.34. The minimum absolute atomic E-state index is 0.0433. The number of fused-ring (bicyclic) bond motifs is 1. The van der Waals surface area contributed by atoms with Gasteiger partial charge in [-0.25, -0.2) is 9.67 Å². The maximum Gasteiger partial charge on any atom is 0.159 e. The summed E-state index contributed by atoms with van der Waals surface area (Å²) < 4.78 is 4.19. The maximum absolute atomic E-state index is 6.00. The Morgan fingerprint density at radius 2 is 1.94 bits per heavy atom. The van der Waals surface area contributed by atoms with Crippen LogP contribution >= 0.6 is 11.6 Å². The van der Waals surface area contributed by atoms with E-state index in [1.54, 1.807) is 0 Å². The molecule has 0 aliphatic carbocycles. The SMILES string of the molecule is CCn1nc(C)c2nc(CCl)n(C(C)(C)C)c21. The molecule has 5 heteroatoms. The van der Waals surface area contributed by atoms with Gasteiger partial charge in [0.1, 0.15) is 11.3 Å². The second-order valence-electron chi connectivity index (χ2n) is 5.24. The van der Waals surface area contributed by atoms with Crippen LogP contribution in [0.5, 0.6) is 0 Å². The molecular weight excluding hydrogens is 236 g/mol. The molecule has 0 N–H and O–H groups in total. The van der Waals surface area contributed by atoms with E-state index in [1.807, 2.05) is 11.6 Å². The summed E-state index contributed by atoms with van der Waals surface area (Å²) in [7, 11) is 0. The van der Waals surface area contributed by atoms with Gasteiger partial charge in [-0.05, 0) is 34.6 Å². The van der Waals surface area contributed by atoms with Crippen molar-refractivity contribution in [2.45, 2.75) is 52.6 Å². The minimum atomic E-state index is -0.0433. The van der Waals surface area contributed by atoms with E-state index in [0.717, 1.165) is 29.2 Å². The lowest BCUT2D eigenvalue weighted by Crippen LogP contribution is -2.25. The normalized spacial score (nSPS) is 12.6. The molecule has 0 aliphatic rings. The predicted molar refractivity (Wildman–Crippen MR) is 70.5 cm³/mol. The number of alkyl halides is 1. The summed E-state index contributed by atoms with van der Waals surface area (Å²) >= 11 is 6.00. The fourth-order valence-electron chi connectivity index (χ4n) is 2.23. The molecule has 2 aromatic rings. The second-order valence-corrected chi connectivity index (χ2v) is 5.51. The van der Waals surface area contributed by atoms with E-state index in [4.69, 9.17) is 11.6 Å². The zero-order chi connectivity index (χ0) is 12.8. The zero-order valence-corrected chi connectivity index (χ0v) is 11.8. The van der Waals surface area contributed by atoms with Crippen molar-refractivity contribution < 1.29 is 0 Å². The summed E-state index contributed by atoms with van der Waals surface area (Å²) in [6.45, 7) is 11.4. The highest BCUT2D eigenvalue weighted by Gasteiger charge is 2.25. The molecular formula is C12H19ClN4. The van der Waals surface area contributed by atoms with Crippen LogP contribution in [0.2, 0.25) is 0 Å². The third-order valence-electron chi connectivity index (χ3n) is 2.87. The third-order valence-corrected chi connectivity index (χ3v) is 3.11. The largest absolute Gasteiger partial charge is 0.306 e. The monoisotopic (exact) mass is 254 g/mol. The van der Waals surface area contributed by atoms with Gasteiger partial charge in [0.05, 0.1) is 11.6 Å². The predicted octanol–water partition coefficient (Wildman–Crippen LogP) is 3.05. The fourth-order valence-corrected chi connectivity index (χ4v) is 2.41. The molecule has 4 nitrogen and oxygen atoms in total. The Bertz CT molecular complexity index is 545. The van der Waals surface area contributed by atoms with Crippen LogP contribution in [-0.2, 0) is 18.0 Å². The van der Waals surface area contributed by atoms with Gasteiger partial charge in [-0.15, -0.1) is 11.6 Å². The molecule has 94 valence electrons. The summed E-state index contributed by atoms with van der Waals surface area (Å²) in [6.07, 6.45) is 0. The number of nitrogens with zero attached hydrogens (tertiary/aromatic N) is 4. The van der Waals surface area contributed by atoms with E-state index >= 15 is 0 Å². The van der Waals surface area contributed by atoms with Gasteiger partial charge < -0.3 is 4.57 Å². The van der Waals surface area contributed by atoms with Crippen molar-refractivity contribution in [1.29, 1.82) is 0 Å². The molecule has 2 aromatic heterocycles. The van der Waals surface area contributed by atoms with Crippen molar-refractivity contribution in [3.8, 4) is 0 Å². The lowest BCUT2D eigenvalue weighted by Gasteiger charge is -2.24. The van der Waals surface area contributed by atoms with Crippen molar-refractivity contribution in [1.82, 2.24) is 19.3 Å². The summed E-state index contributed by atoms with van der Waals surface area (Å²) in [5.41, 5.74) is 2.97. The lowest BCUT2D eigenvalue weighted by atomic mass is 10.1. The van der Waals surface area contributed by atoms with Gasteiger partial charge in [0.15, 0.2) is 5.65 Å². The van der Waals surface area contributed by atoms with Crippen molar-refractivity contribution in [3.63, 3.8) is 0 Å². The van der Waals surface area contributed by atoms with Crippen molar-refractivity contribution >= 4 is 22.8 Å². The third kappa shape index (κ3) is 1.84. The first-order valence-corrected chi connectivity index (χ1v) is 6.44. The number of rotatable bonds is 2. The summed E-state index contributed by atoms with van der Waals surface area (Å²) in [6, 6.07) is 0. The van der Waals surface area contributed by atoms with Gasteiger partial charge >= 0.3 is 0 Å². The number of aryl methyl sites for hydroxylation is 2. The Balaban J connectivity index is 2.86. The molecule has 0 bridgehead atoms. The van der Waals surface area contributed by atoms with Crippen LogP contribution in [0, 0.1) is 6.92 Å². The Morgan fingerprint density at radius 3 is 2.41 bits per heavy atom. The number of aromatic nitrogens is 4. The highest BCUT2D eigenvalue weighted by molar-refractivity contribution is 6.16. The summed E-state index contributed by atoms with van der Waals surface area (Å²) in [5, 5.41) is 4.51. The Kier molecular flexibility index (Phi) is 2.94. The fraction of sp³-hybridized carbons (Fsp3) is 0.667. The number of hydrogen-bond donors (Lipinski definition) is 0. The van der Waals surface area contributed by atoms with E-state index in [-0.39, 0.29) is 5.54 Å². The highest BCUT2D eigenvalue weighted by Crippen LogP contribution is 2.27. The van der Waals surface area contributed by atoms with Crippen molar-refractivity contribution in [2.24, 2.45) is 0 Å². The molecule has 0 amide bonds. The molecule has 17 heavy (non-hydrogen) atoms. The quantitative estimate of drug-likeness (QED) is 0.773. The molecule has 0 saturated heterocycles. The Labute approximate surface area is 107 Å². The van der Waals surface area contributed by atoms with Crippen LogP contribution in [0.3, 0.4) is 0 Å². The van der Waals surface area contributed by atoms with Gasteiger partial charge in [-0.2, -0.15) is 5.10 Å². The molecule has 0 radical (unpaired) electrons. The molecule has 2 heterocycles. The Hall–Kier alpha value is -1.03. The smallest absolute Gasteiger partial charge is 0.159 e. The molecule has 0 unspecified atom stereocenters. The molecule has 0 fully saturated rings. The zero-order valence-electron chi connectivity index (χ0n) is 11.1. The topological polar surface area (TPSA) is 35.6 Å². The number of imidazole rings is 1. The molecule has 0 spiro atoms. The van der Waals surface area contributed by atoms with Crippen molar-refractivity contribution in [3.05, 3.63) is 11.5 Å². The van der Waals surface area contributed by atoms with Gasteiger partial charge in [0, 0.05) is 12.1 Å². The van der Waals surface area contributed by atoms with Crippen LogP contribution in [0.4, 0.5) is 0 Å². The van der Waals surface area contributed by atoms with Gasteiger partial charge in [-0.1, -0.05) is 0 Å². The Morgan fingerprint density at radius 1 is 1.29 bits per heavy atom. The van der Waals surface area contributed by atoms with Gasteiger partial charge in [-0.3, -0.25) is 0 Å². The van der Waals surface area contributed by atoms with E-state index in [2.05, 4.69) is 42.3 Å². The van der Waals surface area contributed by atoms with E-state index in [0.29, 0.717) is 5.88 Å². The molecule has 0 atom stereocenters. The van der Waals surface area contributed by atoms with Gasteiger partial charge in [0.2, 0.25) is 0 Å². The lowest BCUT2D eigenvalue weighted by molar-refractivity contribution is 0.390. The first-order valence-electron chi connectivity index (χ1n) is 5.91. The summed E-state index contributed by atoms with van der Waals surface area (Å²) in [4.78, 5) is 4.61. The average molecular weight is 255 g/mol. The number of hydrogen-bond acceptors (Lipinski definition) is 2. The van der Waals surface area contributed by atoms with Gasteiger partial charge in [0.25, 0.3) is 0 Å². The van der Waals surface area contributed by atoms with Crippen LogP contribution in [-0.4, -0.2) is 19.3 Å².